The van der Waals surface area contributed by atoms with Gasteiger partial charge in [-0.2, -0.15) is 0 Å². The Labute approximate surface area is 405 Å². The van der Waals surface area contributed by atoms with E-state index in [2.05, 4.69) is 107 Å². The van der Waals surface area contributed by atoms with E-state index in [4.69, 9.17) is 15.0 Å². The van der Waals surface area contributed by atoms with Crippen molar-refractivity contribution in [3.05, 3.63) is 143 Å². The fraction of sp³-hybridized carbons (Fsp3) is 0.389. The molecule has 0 radical (unpaired) electrons. The Balaban J connectivity index is 0.000000173. The minimum Gasteiger partial charge on any atom is -0.363 e. The molecule has 2 aliphatic rings. The number of anilines is 2. The minimum atomic E-state index is 0.167. The normalized spacial score (nSPS) is 14.6. The van der Waals surface area contributed by atoms with Crippen LogP contribution >= 0.6 is 0 Å². The number of piperidine rings is 2. The van der Waals surface area contributed by atoms with Crippen LogP contribution < -0.4 is 16.0 Å². The van der Waals surface area contributed by atoms with Crippen molar-refractivity contribution in [3.8, 4) is 22.5 Å². The first-order valence-corrected chi connectivity index (χ1v) is 24.2. The van der Waals surface area contributed by atoms with Gasteiger partial charge in [-0.3, -0.25) is 28.7 Å². The van der Waals surface area contributed by atoms with E-state index in [9.17, 15) is 4.79 Å². The first-order chi connectivity index (χ1) is 33.4. The van der Waals surface area contributed by atoms with Crippen molar-refractivity contribution in [2.24, 2.45) is 0 Å². The molecule has 2 saturated heterocycles. The molecule has 0 atom stereocenters. The summed E-state index contributed by atoms with van der Waals surface area (Å²) < 4.78 is 4.40. The van der Waals surface area contributed by atoms with Crippen molar-refractivity contribution in [1.82, 2.24) is 58.9 Å². The summed E-state index contributed by atoms with van der Waals surface area (Å²) >= 11 is 0. The second-order valence-corrected chi connectivity index (χ2v) is 18.7. The van der Waals surface area contributed by atoms with E-state index in [1.54, 1.807) is 0 Å². The lowest BCUT2D eigenvalue weighted by atomic mass is 9.93. The van der Waals surface area contributed by atoms with Crippen molar-refractivity contribution in [2.45, 2.75) is 112 Å². The van der Waals surface area contributed by atoms with E-state index in [0.717, 1.165) is 118 Å². The zero-order chi connectivity index (χ0) is 48.4. The number of nitrogens with zero attached hydrogens (tertiary/aromatic N) is 11. The highest BCUT2D eigenvalue weighted by Gasteiger charge is 2.25. The van der Waals surface area contributed by atoms with Gasteiger partial charge in [0.25, 0.3) is 0 Å². The monoisotopic (exact) mass is 927 g/mol. The summed E-state index contributed by atoms with van der Waals surface area (Å²) in [5.41, 5.74) is 15.0. The van der Waals surface area contributed by atoms with Gasteiger partial charge >= 0.3 is 0 Å². The average molecular weight is 927 g/mol. The zero-order valence-corrected chi connectivity index (χ0v) is 41.4. The Morgan fingerprint density at radius 2 is 1.06 bits per heavy atom. The molecule has 69 heavy (non-hydrogen) atoms. The molecule has 358 valence electrons. The van der Waals surface area contributed by atoms with Gasteiger partial charge in [0.15, 0.2) is 22.9 Å². The number of Topliss-reactive ketones (excluding diaryl/α,β-unsaturated/α-hetero) is 1. The summed E-state index contributed by atoms with van der Waals surface area (Å²) in [7, 11) is 0. The molecule has 0 saturated carbocycles. The van der Waals surface area contributed by atoms with Crippen LogP contribution in [0.25, 0.3) is 33.8 Å². The van der Waals surface area contributed by atoms with E-state index in [1.807, 2.05) is 87.9 Å². The van der Waals surface area contributed by atoms with E-state index >= 15 is 0 Å². The molecule has 8 aromatic heterocycles. The maximum atomic E-state index is 9.44. The van der Waals surface area contributed by atoms with Crippen molar-refractivity contribution in [3.63, 3.8) is 0 Å². The molecule has 0 amide bonds. The lowest BCUT2D eigenvalue weighted by Crippen LogP contribution is -2.38. The highest BCUT2D eigenvalue weighted by molar-refractivity contribution is 5.72. The van der Waals surface area contributed by atoms with Gasteiger partial charge in [-0.05, 0) is 154 Å². The summed E-state index contributed by atoms with van der Waals surface area (Å²) in [5.74, 6) is 2.85. The number of aryl methyl sites for hydroxylation is 4. The molecular formula is C54H66N14O. The fourth-order valence-electron chi connectivity index (χ4n) is 9.38. The highest BCUT2D eigenvalue weighted by Crippen LogP contribution is 2.31. The van der Waals surface area contributed by atoms with Crippen molar-refractivity contribution in [2.75, 3.05) is 36.8 Å². The SMILES string of the molecule is CC(C)=O.Cc1cc(-c2ncc(CNc3nccn4c(C5CCN(C(C)C)CC5)cnc34)cc2C)ccn1.Cc1cc(-c2ncc(CNc3nccn4c(C5CCNCC5)cnc34)cc2C)ccn1. The Kier molecular flexibility index (Phi) is 15.8. The Morgan fingerprint density at radius 1 is 0.609 bits per heavy atom. The van der Waals surface area contributed by atoms with Crippen LogP contribution in [-0.2, 0) is 17.9 Å². The number of imidazole rings is 2. The minimum absolute atomic E-state index is 0.167. The van der Waals surface area contributed by atoms with Crippen LogP contribution in [0.2, 0.25) is 0 Å². The number of nitrogens with one attached hydrogen (secondary N) is 3. The van der Waals surface area contributed by atoms with Crippen molar-refractivity contribution < 1.29 is 4.79 Å². The van der Waals surface area contributed by atoms with Gasteiger partial charge in [0.1, 0.15) is 5.78 Å². The second kappa shape index (κ2) is 22.4. The number of rotatable bonds is 11. The molecule has 8 aromatic rings. The third-order valence-electron chi connectivity index (χ3n) is 12.9. The summed E-state index contributed by atoms with van der Waals surface area (Å²) in [6, 6.07) is 13.1. The van der Waals surface area contributed by atoms with Crippen LogP contribution in [0.4, 0.5) is 11.6 Å². The number of aromatic nitrogens is 10. The summed E-state index contributed by atoms with van der Waals surface area (Å²) in [4.78, 5) is 48.6. The van der Waals surface area contributed by atoms with Crippen LogP contribution in [0.3, 0.4) is 0 Å². The zero-order valence-electron chi connectivity index (χ0n) is 41.4. The molecule has 0 bridgehead atoms. The molecule has 2 aliphatic heterocycles. The lowest BCUT2D eigenvalue weighted by Gasteiger charge is -2.34. The van der Waals surface area contributed by atoms with Gasteiger partial charge in [-0.25, -0.2) is 19.9 Å². The van der Waals surface area contributed by atoms with Gasteiger partial charge in [0.2, 0.25) is 0 Å². The number of likely N-dealkylation sites (tertiary alicyclic amines) is 1. The van der Waals surface area contributed by atoms with Gasteiger partial charge in [0.05, 0.1) is 11.4 Å². The third-order valence-corrected chi connectivity index (χ3v) is 12.9. The average Bonchev–Trinajstić information content (AvgIpc) is 3.99. The third kappa shape index (κ3) is 12.0. The molecule has 15 nitrogen and oxygen atoms in total. The quantitative estimate of drug-likeness (QED) is 0.112. The Morgan fingerprint density at radius 3 is 1.48 bits per heavy atom. The fourth-order valence-corrected chi connectivity index (χ4v) is 9.38. The van der Waals surface area contributed by atoms with Gasteiger partial charge in [0, 0.05) is 127 Å². The Bertz CT molecular complexity index is 2990. The smallest absolute Gasteiger partial charge is 0.180 e. The predicted molar refractivity (Wildman–Crippen MR) is 274 cm³/mol. The summed E-state index contributed by atoms with van der Waals surface area (Å²) in [5, 5.41) is 10.4. The maximum absolute atomic E-state index is 9.44. The standard InChI is InChI=1S/C27H33N7.C24H27N7.C3H6O/c1-18(2)33-10-6-22(7-11-33)24-17-32-27-26(29-9-12-34(24)27)31-16-21-13-19(3)25(30-15-21)23-5-8-28-20(4)14-23;1-16-11-18(13-28-22(16)20-5-8-26-17(2)12-20)14-29-23-24-30-15-21(31(24)10-9-27-23)19-3-6-25-7-4-19;1-3(2)4/h5,8-9,12-15,17-18,22H,6-7,10-11,16H2,1-4H3,(H,29,31);5,8-13,15,19,25H,3-4,6-7,14H2,1-2H3,(H,27,29);1-2H3. The molecule has 15 heteroatoms. The Hall–Kier alpha value is -6.97. The lowest BCUT2D eigenvalue weighted by molar-refractivity contribution is -0.115. The first-order valence-electron chi connectivity index (χ1n) is 24.2. The van der Waals surface area contributed by atoms with Crippen LogP contribution in [0.15, 0.2) is 98.4 Å². The molecular weight excluding hydrogens is 861 g/mol. The van der Waals surface area contributed by atoms with Crippen molar-refractivity contribution >= 4 is 28.7 Å². The highest BCUT2D eigenvalue weighted by atomic mass is 16.1. The van der Waals surface area contributed by atoms with Gasteiger partial charge in [-0.1, -0.05) is 12.1 Å². The first kappa shape index (κ1) is 48.5. The molecule has 10 heterocycles. The number of carbonyl (C=O) groups excluding carboxylic acids is 1. The van der Waals surface area contributed by atoms with Crippen LogP contribution in [0.1, 0.15) is 110 Å². The van der Waals surface area contributed by atoms with E-state index < -0.39 is 0 Å². The van der Waals surface area contributed by atoms with E-state index in [0.29, 0.717) is 31.0 Å². The maximum Gasteiger partial charge on any atom is 0.180 e. The molecule has 10 rings (SSSR count). The molecule has 2 fully saturated rings. The summed E-state index contributed by atoms with van der Waals surface area (Å²) in [6.45, 7) is 21.5. The van der Waals surface area contributed by atoms with E-state index in [1.165, 1.54) is 38.1 Å². The van der Waals surface area contributed by atoms with Crippen LogP contribution in [-0.4, -0.2) is 91.6 Å². The largest absolute Gasteiger partial charge is 0.363 e. The number of carbonyl (C=O) groups is 1. The molecule has 3 N–H and O–H groups in total. The number of hydrogen-bond acceptors (Lipinski definition) is 13. The molecule has 0 unspecified atom stereocenters. The second-order valence-electron chi connectivity index (χ2n) is 18.7. The number of hydrogen-bond donors (Lipinski definition) is 3. The van der Waals surface area contributed by atoms with E-state index in [-0.39, 0.29) is 5.78 Å². The number of ketones is 1. The van der Waals surface area contributed by atoms with Crippen LogP contribution in [0, 0.1) is 27.7 Å². The van der Waals surface area contributed by atoms with Gasteiger partial charge in [-0.15, -0.1) is 0 Å². The van der Waals surface area contributed by atoms with Crippen molar-refractivity contribution in [1.29, 1.82) is 0 Å². The van der Waals surface area contributed by atoms with Crippen LogP contribution in [0.5, 0.6) is 0 Å². The summed E-state index contributed by atoms with van der Waals surface area (Å²) in [6.07, 6.45) is 24.0. The molecule has 0 spiro atoms. The molecule has 0 aliphatic carbocycles. The molecule has 0 aromatic carbocycles. The number of fused-ring (bicyclic) bond motifs is 2. The van der Waals surface area contributed by atoms with Gasteiger partial charge < -0.3 is 25.6 Å². The topological polar surface area (TPSA) is 168 Å². The predicted octanol–water partition coefficient (Wildman–Crippen LogP) is 9.48. The number of pyridine rings is 4.